The average Bonchev–Trinajstić information content (AvgIpc) is 2.93. The van der Waals surface area contributed by atoms with Gasteiger partial charge in [0.05, 0.1) is 21.7 Å². The number of benzene rings is 3. The second-order valence-corrected chi connectivity index (χ2v) is 7.00. The number of carbonyl (C=O) groups excluding carboxylic acids is 2. The van der Waals surface area contributed by atoms with E-state index >= 15 is 0 Å². The summed E-state index contributed by atoms with van der Waals surface area (Å²) in [7, 11) is 0. The van der Waals surface area contributed by atoms with Crippen molar-refractivity contribution < 1.29 is 14.5 Å². The van der Waals surface area contributed by atoms with Crippen molar-refractivity contribution in [1.29, 1.82) is 0 Å². The van der Waals surface area contributed by atoms with Crippen LogP contribution < -0.4 is 4.90 Å². The molecule has 132 valence electrons. The molecule has 1 aliphatic heterocycles. The Kier molecular flexibility index (Phi) is 4.21. The van der Waals surface area contributed by atoms with E-state index in [2.05, 4.69) is 0 Å². The molecule has 0 fully saturated rings. The van der Waals surface area contributed by atoms with Crippen LogP contribution in [0.25, 0.3) is 0 Å². The topological polar surface area (TPSA) is 80.5 Å². The van der Waals surface area contributed by atoms with Crippen molar-refractivity contribution in [2.24, 2.45) is 0 Å². The van der Waals surface area contributed by atoms with E-state index in [-0.39, 0.29) is 11.4 Å². The molecule has 4 rings (SSSR count). The second kappa shape index (κ2) is 6.69. The first-order chi connectivity index (χ1) is 13.0. The number of anilines is 1. The van der Waals surface area contributed by atoms with E-state index in [4.69, 9.17) is 0 Å². The van der Waals surface area contributed by atoms with Crippen LogP contribution in [0.3, 0.4) is 0 Å². The minimum atomic E-state index is -0.531. The summed E-state index contributed by atoms with van der Waals surface area (Å²) < 4.78 is 0. The third-order valence-corrected chi connectivity index (χ3v) is 5.10. The number of non-ortho nitro benzene ring substituents is 1. The summed E-state index contributed by atoms with van der Waals surface area (Å²) in [6.45, 7) is 0. The maximum atomic E-state index is 12.7. The number of nitro groups is 1. The van der Waals surface area contributed by atoms with Crippen LogP contribution in [0.5, 0.6) is 0 Å². The first kappa shape index (κ1) is 17.0. The van der Waals surface area contributed by atoms with Crippen LogP contribution in [-0.2, 0) is 0 Å². The molecule has 0 unspecified atom stereocenters. The van der Waals surface area contributed by atoms with Crippen LogP contribution in [0, 0.1) is 10.1 Å². The van der Waals surface area contributed by atoms with E-state index in [0.717, 1.165) is 9.80 Å². The molecule has 0 N–H and O–H groups in total. The first-order valence-electron chi connectivity index (χ1n) is 8.05. The predicted molar refractivity (Wildman–Crippen MR) is 101 cm³/mol. The Balaban J connectivity index is 1.78. The molecule has 2 amide bonds. The maximum Gasteiger partial charge on any atom is 0.272 e. The molecule has 0 radical (unpaired) electrons. The third-order valence-electron chi connectivity index (χ3n) is 4.12. The molecular weight excluding hydrogens is 364 g/mol. The van der Waals surface area contributed by atoms with Gasteiger partial charge in [-0.05, 0) is 30.3 Å². The highest BCUT2D eigenvalue weighted by Gasteiger charge is 2.37. The molecule has 0 aliphatic carbocycles. The SMILES string of the molecule is O=C1c2ccccc2C(=O)N1c1cc(Sc2ccccc2)cc([N+](=O)[O-])c1. The van der Waals surface area contributed by atoms with Gasteiger partial charge in [0.1, 0.15) is 0 Å². The minimum Gasteiger partial charge on any atom is -0.268 e. The Morgan fingerprint density at radius 2 is 1.37 bits per heavy atom. The monoisotopic (exact) mass is 376 g/mol. The van der Waals surface area contributed by atoms with Crippen LogP contribution >= 0.6 is 11.8 Å². The summed E-state index contributed by atoms with van der Waals surface area (Å²) in [5.41, 5.74) is 0.605. The van der Waals surface area contributed by atoms with Crippen LogP contribution in [-0.4, -0.2) is 16.7 Å². The van der Waals surface area contributed by atoms with Gasteiger partial charge >= 0.3 is 0 Å². The average molecular weight is 376 g/mol. The van der Waals surface area contributed by atoms with E-state index in [1.54, 1.807) is 30.3 Å². The van der Waals surface area contributed by atoms with Crippen molar-refractivity contribution in [3.63, 3.8) is 0 Å². The van der Waals surface area contributed by atoms with Gasteiger partial charge in [-0.3, -0.25) is 19.7 Å². The van der Waals surface area contributed by atoms with E-state index in [1.807, 2.05) is 30.3 Å². The number of nitrogens with zero attached hydrogens (tertiary/aromatic N) is 2. The third kappa shape index (κ3) is 3.09. The Hall–Kier alpha value is -3.45. The Bertz CT molecular complexity index is 1050. The number of nitro benzene ring substituents is 1. The standard InChI is InChI=1S/C20H12N2O4S/c23-19-17-8-4-5-9-18(17)20(24)21(19)13-10-14(22(25)26)12-16(11-13)27-15-6-2-1-3-7-15/h1-12H. The zero-order valence-corrected chi connectivity index (χ0v) is 14.7. The molecule has 0 saturated carbocycles. The molecule has 0 spiro atoms. The van der Waals surface area contributed by atoms with Gasteiger partial charge in [0, 0.05) is 21.9 Å². The molecule has 0 atom stereocenters. The number of imide groups is 1. The Labute approximate surface area is 158 Å². The number of hydrogen-bond acceptors (Lipinski definition) is 5. The molecule has 6 nitrogen and oxygen atoms in total. The van der Waals surface area contributed by atoms with E-state index in [1.165, 1.54) is 23.9 Å². The highest BCUT2D eigenvalue weighted by Crippen LogP contribution is 2.36. The molecule has 27 heavy (non-hydrogen) atoms. The van der Waals surface area contributed by atoms with Gasteiger partial charge in [0.15, 0.2) is 0 Å². The highest BCUT2D eigenvalue weighted by molar-refractivity contribution is 7.99. The highest BCUT2D eigenvalue weighted by atomic mass is 32.2. The van der Waals surface area contributed by atoms with Crippen molar-refractivity contribution in [1.82, 2.24) is 0 Å². The first-order valence-corrected chi connectivity index (χ1v) is 8.86. The van der Waals surface area contributed by atoms with Crippen molar-refractivity contribution >= 4 is 35.0 Å². The van der Waals surface area contributed by atoms with Crippen LogP contribution in [0.1, 0.15) is 20.7 Å². The van der Waals surface area contributed by atoms with Crippen molar-refractivity contribution in [2.75, 3.05) is 4.90 Å². The molecular formula is C20H12N2O4S. The zero-order valence-electron chi connectivity index (χ0n) is 13.9. The fraction of sp³-hybridized carbons (Fsp3) is 0. The van der Waals surface area contributed by atoms with Crippen LogP contribution in [0.4, 0.5) is 11.4 Å². The summed E-state index contributed by atoms with van der Waals surface area (Å²) in [5, 5.41) is 11.4. The number of hydrogen-bond donors (Lipinski definition) is 0. The summed E-state index contributed by atoms with van der Waals surface area (Å²) >= 11 is 1.32. The van der Waals surface area contributed by atoms with E-state index in [0.29, 0.717) is 16.0 Å². The molecule has 1 aliphatic rings. The van der Waals surface area contributed by atoms with Gasteiger partial charge in [-0.1, -0.05) is 42.1 Å². The number of carbonyl (C=O) groups is 2. The molecule has 1 heterocycles. The smallest absolute Gasteiger partial charge is 0.268 e. The van der Waals surface area contributed by atoms with Gasteiger partial charge < -0.3 is 0 Å². The number of rotatable bonds is 4. The fourth-order valence-corrected chi connectivity index (χ4v) is 3.83. The quantitative estimate of drug-likeness (QED) is 0.379. The molecule has 3 aromatic carbocycles. The van der Waals surface area contributed by atoms with Gasteiger partial charge in [-0.2, -0.15) is 0 Å². The van der Waals surface area contributed by atoms with E-state index < -0.39 is 16.7 Å². The number of amides is 2. The van der Waals surface area contributed by atoms with Crippen molar-refractivity contribution in [2.45, 2.75) is 9.79 Å². The summed E-state index contributed by atoms with van der Waals surface area (Å²) in [4.78, 5) is 38.7. The van der Waals surface area contributed by atoms with Crippen molar-refractivity contribution in [3.05, 3.63) is 94.0 Å². The molecule has 0 aromatic heterocycles. The van der Waals surface area contributed by atoms with Gasteiger partial charge in [-0.15, -0.1) is 0 Å². The van der Waals surface area contributed by atoms with Crippen LogP contribution in [0.15, 0.2) is 82.6 Å². The number of fused-ring (bicyclic) bond motifs is 1. The lowest BCUT2D eigenvalue weighted by molar-refractivity contribution is -0.385. The molecule has 0 saturated heterocycles. The second-order valence-electron chi connectivity index (χ2n) is 5.85. The fourth-order valence-electron chi connectivity index (χ4n) is 2.91. The lowest BCUT2D eigenvalue weighted by Crippen LogP contribution is -2.29. The van der Waals surface area contributed by atoms with E-state index in [9.17, 15) is 19.7 Å². The molecule has 3 aromatic rings. The Morgan fingerprint density at radius 1 is 0.778 bits per heavy atom. The summed E-state index contributed by atoms with van der Waals surface area (Å²) in [5.74, 6) is -0.960. The summed E-state index contributed by atoms with van der Waals surface area (Å²) in [6, 6.07) is 20.2. The molecule has 0 bridgehead atoms. The predicted octanol–water partition coefficient (Wildman–Crippen LogP) is 4.55. The summed E-state index contributed by atoms with van der Waals surface area (Å²) in [6.07, 6.45) is 0. The maximum absolute atomic E-state index is 12.7. The largest absolute Gasteiger partial charge is 0.272 e. The van der Waals surface area contributed by atoms with Gasteiger partial charge in [-0.25, -0.2) is 4.90 Å². The zero-order chi connectivity index (χ0) is 19.0. The van der Waals surface area contributed by atoms with Gasteiger partial charge in [0.2, 0.25) is 0 Å². The van der Waals surface area contributed by atoms with Crippen molar-refractivity contribution in [3.8, 4) is 0 Å². The lowest BCUT2D eigenvalue weighted by atomic mass is 10.1. The molecule has 7 heteroatoms. The van der Waals surface area contributed by atoms with Crippen LogP contribution in [0.2, 0.25) is 0 Å². The Morgan fingerprint density at radius 3 is 1.96 bits per heavy atom. The minimum absolute atomic E-state index is 0.178. The normalized spacial score (nSPS) is 13.0. The van der Waals surface area contributed by atoms with Gasteiger partial charge in [0.25, 0.3) is 17.5 Å². The lowest BCUT2D eigenvalue weighted by Gasteiger charge is -2.15.